The zero-order valence-corrected chi connectivity index (χ0v) is 10.5. The molecule has 1 amide bonds. The maximum atomic E-state index is 11.9. The predicted molar refractivity (Wildman–Crippen MR) is 63.8 cm³/mol. The quantitative estimate of drug-likeness (QED) is 0.745. The second kappa shape index (κ2) is 6.33. The first kappa shape index (κ1) is 12.8. The van der Waals surface area contributed by atoms with Crippen molar-refractivity contribution in [3.05, 3.63) is 0 Å². The van der Waals surface area contributed by atoms with Gasteiger partial charge in [0.15, 0.2) is 0 Å². The van der Waals surface area contributed by atoms with Crippen molar-refractivity contribution in [2.45, 2.75) is 19.4 Å². The third-order valence-corrected chi connectivity index (χ3v) is 3.32. The highest BCUT2D eigenvalue weighted by Crippen LogP contribution is 2.12. The highest BCUT2D eigenvalue weighted by atomic mass is 16.5. The molecule has 2 heterocycles. The molecule has 0 spiro atoms. The van der Waals surface area contributed by atoms with Crippen molar-refractivity contribution >= 4 is 5.91 Å². The van der Waals surface area contributed by atoms with Crippen LogP contribution in [-0.2, 0) is 14.3 Å². The molecule has 2 saturated heterocycles. The van der Waals surface area contributed by atoms with Gasteiger partial charge in [-0.15, -0.1) is 0 Å². The van der Waals surface area contributed by atoms with Crippen LogP contribution in [-0.4, -0.2) is 62.9 Å². The fourth-order valence-corrected chi connectivity index (χ4v) is 2.28. The van der Waals surface area contributed by atoms with Crippen LogP contribution >= 0.6 is 0 Å². The van der Waals surface area contributed by atoms with Gasteiger partial charge in [-0.05, 0) is 13.3 Å². The maximum Gasteiger partial charge on any atom is 0.248 e. The van der Waals surface area contributed by atoms with Crippen LogP contribution < -0.4 is 5.32 Å². The first-order valence-corrected chi connectivity index (χ1v) is 6.42. The van der Waals surface area contributed by atoms with Crippen LogP contribution in [0.5, 0.6) is 0 Å². The lowest BCUT2D eigenvalue weighted by Gasteiger charge is -2.31. The second-order valence-corrected chi connectivity index (χ2v) is 4.94. The average Bonchev–Trinajstić information content (AvgIpc) is 2.82. The summed E-state index contributed by atoms with van der Waals surface area (Å²) in [5.41, 5.74) is 0. The van der Waals surface area contributed by atoms with Gasteiger partial charge in [-0.1, -0.05) is 0 Å². The van der Waals surface area contributed by atoms with Gasteiger partial charge in [-0.3, -0.25) is 4.79 Å². The number of carbonyl (C=O) groups excluding carboxylic acids is 1. The summed E-state index contributed by atoms with van der Waals surface area (Å²) in [7, 11) is 0. The first-order chi connectivity index (χ1) is 8.25. The van der Waals surface area contributed by atoms with E-state index in [-0.39, 0.29) is 12.5 Å². The normalized spacial score (nSPS) is 29.6. The molecule has 0 bridgehead atoms. The van der Waals surface area contributed by atoms with E-state index >= 15 is 0 Å². The first-order valence-electron chi connectivity index (χ1n) is 6.42. The molecule has 0 radical (unpaired) electrons. The van der Waals surface area contributed by atoms with Gasteiger partial charge in [0.2, 0.25) is 5.91 Å². The van der Waals surface area contributed by atoms with Crippen molar-refractivity contribution in [2.75, 3.05) is 46.1 Å². The predicted octanol–water partition coefficient (Wildman–Crippen LogP) is -0.140. The Bertz CT molecular complexity index is 254. The van der Waals surface area contributed by atoms with Gasteiger partial charge in [0, 0.05) is 38.2 Å². The van der Waals surface area contributed by atoms with Crippen LogP contribution in [0.1, 0.15) is 13.3 Å². The van der Waals surface area contributed by atoms with Gasteiger partial charge < -0.3 is 19.7 Å². The van der Waals surface area contributed by atoms with Crippen LogP contribution in [0.15, 0.2) is 0 Å². The summed E-state index contributed by atoms with van der Waals surface area (Å²) in [5, 5.41) is 3.32. The molecular weight excluding hydrogens is 220 g/mol. The molecule has 0 aliphatic carbocycles. The van der Waals surface area contributed by atoms with E-state index in [1.54, 1.807) is 0 Å². The third-order valence-electron chi connectivity index (χ3n) is 3.32. The van der Waals surface area contributed by atoms with Gasteiger partial charge in [0.05, 0.1) is 13.2 Å². The number of rotatable bonds is 4. The molecule has 17 heavy (non-hydrogen) atoms. The summed E-state index contributed by atoms with van der Waals surface area (Å²) in [5.74, 6) is 0.585. The Kier molecular flexibility index (Phi) is 4.76. The molecule has 0 aromatic carbocycles. The van der Waals surface area contributed by atoms with E-state index in [9.17, 15) is 4.79 Å². The molecule has 5 nitrogen and oxygen atoms in total. The van der Waals surface area contributed by atoms with Crippen molar-refractivity contribution < 1.29 is 14.3 Å². The average molecular weight is 242 g/mol. The van der Waals surface area contributed by atoms with E-state index in [2.05, 4.69) is 12.2 Å². The molecule has 2 rings (SSSR count). The summed E-state index contributed by atoms with van der Waals surface area (Å²) in [6, 6.07) is 0.385. The largest absolute Gasteiger partial charge is 0.381 e. The van der Waals surface area contributed by atoms with Crippen molar-refractivity contribution in [2.24, 2.45) is 5.92 Å². The van der Waals surface area contributed by atoms with E-state index < -0.39 is 0 Å². The smallest absolute Gasteiger partial charge is 0.248 e. The Labute approximate surface area is 102 Å². The minimum atomic E-state index is 0.109. The lowest BCUT2D eigenvalue weighted by Crippen LogP contribution is -2.52. The maximum absolute atomic E-state index is 11.9. The summed E-state index contributed by atoms with van der Waals surface area (Å²) >= 11 is 0. The van der Waals surface area contributed by atoms with Gasteiger partial charge >= 0.3 is 0 Å². The summed E-state index contributed by atoms with van der Waals surface area (Å²) in [6.07, 6.45) is 1.05. The fourth-order valence-electron chi connectivity index (χ4n) is 2.28. The molecule has 1 N–H and O–H groups in total. The minimum Gasteiger partial charge on any atom is -0.381 e. The van der Waals surface area contributed by atoms with E-state index in [0.717, 1.165) is 39.3 Å². The molecule has 0 aromatic heterocycles. The van der Waals surface area contributed by atoms with Crippen LogP contribution in [0.3, 0.4) is 0 Å². The Balaban J connectivity index is 1.62. The fraction of sp³-hybridized carbons (Fsp3) is 0.917. The molecule has 2 atom stereocenters. The number of nitrogens with zero attached hydrogens (tertiary/aromatic N) is 1. The Hall–Kier alpha value is -0.650. The molecule has 2 aliphatic rings. The molecule has 0 saturated carbocycles. The molecule has 98 valence electrons. The number of carbonyl (C=O) groups is 1. The highest BCUT2D eigenvalue weighted by molar-refractivity contribution is 5.77. The van der Waals surface area contributed by atoms with Crippen LogP contribution in [0, 0.1) is 5.92 Å². The van der Waals surface area contributed by atoms with Crippen LogP contribution in [0.4, 0.5) is 0 Å². The number of nitrogens with one attached hydrogen (secondary N) is 1. The van der Waals surface area contributed by atoms with E-state index in [4.69, 9.17) is 9.47 Å². The van der Waals surface area contributed by atoms with Gasteiger partial charge in [0.1, 0.15) is 6.61 Å². The minimum absolute atomic E-state index is 0.109. The number of amides is 1. The molecule has 2 aliphatic heterocycles. The zero-order valence-electron chi connectivity index (χ0n) is 10.5. The van der Waals surface area contributed by atoms with Crippen molar-refractivity contribution in [1.82, 2.24) is 10.2 Å². The zero-order chi connectivity index (χ0) is 12.1. The lowest BCUT2D eigenvalue weighted by molar-refractivity contribution is -0.137. The highest BCUT2D eigenvalue weighted by Gasteiger charge is 2.21. The third kappa shape index (κ3) is 3.94. The number of ether oxygens (including phenoxy) is 2. The van der Waals surface area contributed by atoms with Gasteiger partial charge in [-0.25, -0.2) is 0 Å². The summed E-state index contributed by atoms with van der Waals surface area (Å²) in [6.45, 7) is 7.01. The van der Waals surface area contributed by atoms with E-state index in [1.165, 1.54) is 0 Å². The van der Waals surface area contributed by atoms with Crippen molar-refractivity contribution in [3.8, 4) is 0 Å². The number of piperazine rings is 1. The SMILES string of the molecule is C[C@@H]1CN(C(=O)COC[C@@H]2CCOC2)CCN1. The van der Waals surface area contributed by atoms with Gasteiger partial charge in [-0.2, -0.15) is 0 Å². The molecule has 0 unspecified atom stereocenters. The van der Waals surface area contributed by atoms with Gasteiger partial charge in [0.25, 0.3) is 0 Å². The monoisotopic (exact) mass is 242 g/mol. The molecule has 2 fully saturated rings. The van der Waals surface area contributed by atoms with E-state index in [0.29, 0.717) is 18.6 Å². The number of hydrogen-bond donors (Lipinski definition) is 1. The van der Waals surface area contributed by atoms with E-state index in [1.807, 2.05) is 4.90 Å². The summed E-state index contributed by atoms with van der Waals surface area (Å²) < 4.78 is 10.7. The topological polar surface area (TPSA) is 50.8 Å². The lowest BCUT2D eigenvalue weighted by atomic mass is 10.1. The standard InChI is InChI=1S/C12H22N2O3/c1-10-6-14(4-3-13-10)12(15)9-17-8-11-2-5-16-7-11/h10-11,13H,2-9H2,1H3/t10-,11-/m1/s1. The van der Waals surface area contributed by atoms with Crippen molar-refractivity contribution in [3.63, 3.8) is 0 Å². The molecular formula is C12H22N2O3. The van der Waals surface area contributed by atoms with Crippen molar-refractivity contribution in [1.29, 1.82) is 0 Å². The number of hydrogen-bond acceptors (Lipinski definition) is 4. The second-order valence-electron chi connectivity index (χ2n) is 4.94. The molecule has 5 heteroatoms. The summed E-state index contributed by atoms with van der Waals surface area (Å²) in [4.78, 5) is 13.7. The molecule has 0 aromatic rings. The Morgan fingerprint density at radius 1 is 1.59 bits per heavy atom. The Morgan fingerprint density at radius 3 is 3.18 bits per heavy atom. The Morgan fingerprint density at radius 2 is 2.47 bits per heavy atom. The van der Waals surface area contributed by atoms with Crippen LogP contribution in [0.25, 0.3) is 0 Å². The van der Waals surface area contributed by atoms with Crippen LogP contribution in [0.2, 0.25) is 0 Å².